The first-order valence-electron chi connectivity index (χ1n) is 10.8. The van der Waals surface area contributed by atoms with Crippen LogP contribution in [0.4, 0.5) is 8.78 Å². The second-order valence-corrected chi connectivity index (χ2v) is 8.53. The van der Waals surface area contributed by atoms with Crippen LogP contribution in [-0.4, -0.2) is 0 Å². The molecule has 0 spiro atoms. The Hall–Kier alpha value is -2.47. The van der Waals surface area contributed by atoms with E-state index in [-0.39, 0.29) is 11.4 Å². The molecule has 0 aliphatic heterocycles. The number of hydrogen-bond donors (Lipinski definition) is 0. The van der Waals surface area contributed by atoms with E-state index in [9.17, 15) is 4.39 Å². The fourth-order valence-electron chi connectivity index (χ4n) is 5.08. The molecular weight excluding hydrogens is 364 g/mol. The summed E-state index contributed by atoms with van der Waals surface area (Å²) < 4.78 is 29.4. The minimum Gasteiger partial charge on any atom is -0.206 e. The molecule has 0 aromatic heterocycles. The molecule has 2 aliphatic carbocycles. The van der Waals surface area contributed by atoms with Crippen molar-refractivity contribution in [3.05, 3.63) is 75.9 Å². The minimum absolute atomic E-state index is 0.0739. The predicted molar refractivity (Wildman–Crippen MR) is 113 cm³/mol. The largest absolute Gasteiger partial charge is 0.206 e. The van der Waals surface area contributed by atoms with Crippen LogP contribution in [0.2, 0.25) is 0 Å². The molecule has 1 saturated carbocycles. The molecule has 2 aromatic rings. The molecule has 0 atom stereocenters. The maximum Gasteiger partial charge on any atom is 0.144 e. The Bertz CT molecular complexity index is 975. The summed E-state index contributed by atoms with van der Waals surface area (Å²) in [7, 11) is 0. The second-order valence-electron chi connectivity index (χ2n) is 8.53. The lowest BCUT2D eigenvalue weighted by atomic mass is 9.77. The highest BCUT2D eigenvalue weighted by Crippen LogP contribution is 2.39. The summed E-state index contributed by atoms with van der Waals surface area (Å²) in [6.45, 7) is 2.25. The topological polar surface area (TPSA) is 23.8 Å². The maximum atomic E-state index is 15.0. The lowest BCUT2D eigenvalue weighted by Crippen LogP contribution is -2.13. The Balaban J connectivity index is 1.51. The van der Waals surface area contributed by atoms with Crippen LogP contribution in [0.3, 0.4) is 0 Å². The van der Waals surface area contributed by atoms with Gasteiger partial charge in [-0.3, -0.25) is 0 Å². The SMILES string of the molecule is CCCC1CCC(c2ccc(C3=CCc4c(ccc(C#N)c4F)C3)c(F)c2)CC1. The van der Waals surface area contributed by atoms with Crippen LogP contribution in [0.5, 0.6) is 0 Å². The van der Waals surface area contributed by atoms with Gasteiger partial charge >= 0.3 is 0 Å². The molecule has 1 fully saturated rings. The summed E-state index contributed by atoms with van der Waals surface area (Å²) in [4.78, 5) is 0. The van der Waals surface area contributed by atoms with Crippen molar-refractivity contribution in [2.24, 2.45) is 5.92 Å². The van der Waals surface area contributed by atoms with E-state index >= 15 is 4.39 Å². The van der Waals surface area contributed by atoms with Crippen molar-refractivity contribution < 1.29 is 8.78 Å². The molecule has 4 rings (SSSR count). The summed E-state index contributed by atoms with van der Waals surface area (Å²) in [6.07, 6.45) is 10.2. The van der Waals surface area contributed by atoms with Crippen LogP contribution >= 0.6 is 0 Å². The highest BCUT2D eigenvalue weighted by atomic mass is 19.1. The third-order valence-corrected chi connectivity index (χ3v) is 6.75. The van der Waals surface area contributed by atoms with Crippen LogP contribution in [0.25, 0.3) is 5.57 Å². The molecule has 0 saturated heterocycles. The number of fused-ring (bicyclic) bond motifs is 1. The van der Waals surface area contributed by atoms with Crippen molar-refractivity contribution >= 4 is 5.57 Å². The summed E-state index contributed by atoms with van der Waals surface area (Å²) in [5.41, 5.74) is 4.11. The highest BCUT2D eigenvalue weighted by Gasteiger charge is 2.24. The maximum absolute atomic E-state index is 15.0. The van der Waals surface area contributed by atoms with E-state index in [1.54, 1.807) is 12.1 Å². The summed E-state index contributed by atoms with van der Waals surface area (Å²) in [5.74, 6) is 0.692. The fourth-order valence-corrected chi connectivity index (χ4v) is 5.08. The van der Waals surface area contributed by atoms with Crippen molar-refractivity contribution in [2.45, 2.75) is 64.2 Å². The number of rotatable bonds is 4. The van der Waals surface area contributed by atoms with E-state index in [2.05, 4.69) is 13.0 Å². The zero-order valence-corrected chi connectivity index (χ0v) is 17.0. The average Bonchev–Trinajstić information content (AvgIpc) is 2.74. The Morgan fingerprint density at radius 2 is 1.86 bits per heavy atom. The van der Waals surface area contributed by atoms with Gasteiger partial charge in [-0.25, -0.2) is 8.78 Å². The third kappa shape index (κ3) is 3.99. The van der Waals surface area contributed by atoms with E-state index in [4.69, 9.17) is 5.26 Å². The Labute approximate surface area is 172 Å². The van der Waals surface area contributed by atoms with Crippen LogP contribution < -0.4 is 0 Å². The van der Waals surface area contributed by atoms with Gasteiger partial charge in [0.15, 0.2) is 0 Å². The van der Waals surface area contributed by atoms with Crippen molar-refractivity contribution in [3.63, 3.8) is 0 Å². The quantitative estimate of drug-likeness (QED) is 0.546. The first-order chi connectivity index (χ1) is 14.1. The van der Waals surface area contributed by atoms with Gasteiger partial charge < -0.3 is 0 Å². The highest BCUT2D eigenvalue weighted by molar-refractivity contribution is 5.71. The van der Waals surface area contributed by atoms with Gasteiger partial charge in [0.1, 0.15) is 17.7 Å². The van der Waals surface area contributed by atoms with Crippen molar-refractivity contribution in [1.82, 2.24) is 0 Å². The lowest BCUT2D eigenvalue weighted by molar-refractivity contribution is 0.308. The molecule has 29 heavy (non-hydrogen) atoms. The van der Waals surface area contributed by atoms with Crippen molar-refractivity contribution in [1.29, 1.82) is 5.26 Å². The molecular formula is C26H27F2N. The van der Waals surface area contributed by atoms with Gasteiger partial charge in [0.25, 0.3) is 0 Å². The Kier molecular flexibility index (Phi) is 5.81. The first-order valence-corrected chi connectivity index (χ1v) is 10.8. The molecule has 0 heterocycles. The second kappa shape index (κ2) is 8.49. The van der Waals surface area contributed by atoms with Gasteiger partial charge in [0.05, 0.1) is 5.56 Å². The molecule has 2 aromatic carbocycles. The smallest absolute Gasteiger partial charge is 0.144 e. The standard InChI is InChI=1S/C26H27F2N/c1-2-3-17-4-6-18(7-5-17)19-10-12-23(25(27)15-19)20-11-13-24-21(14-20)8-9-22(16-29)26(24)28/h8-12,15,17-18H,2-7,13-14H2,1H3. The molecule has 0 N–H and O–H groups in total. The molecule has 3 heteroatoms. The molecule has 0 unspecified atom stereocenters. The van der Waals surface area contributed by atoms with Crippen molar-refractivity contribution in [3.8, 4) is 6.07 Å². The van der Waals surface area contributed by atoms with E-state index < -0.39 is 5.82 Å². The van der Waals surface area contributed by atoms with Gasteiger partial charge in [-0.15, -0.1) is 0 Å². The monoisotopic (exact) mass is 391 g/mol. The van der Waals surface area contributed by atoms with Crippen LogP contribution in [0.1, 0.15) is 79.2 Å². The summed E-state index contributed by atoms with van der Waals surface area (Å²) in [5, 5.41) is 9.01. The number of hydrogen-bond acceptors (Lipinski definition) is 1. The molecule has 0 amide bonds. The van der Waals surface area contributed by atoms with E-state index in [1.807, 2.05) is 18.2 Å². The minimum atomic E-state index is -0.435. The van der Waals surface area contributed by atoms with Crippen molar-refractivity contribution in [2.75, 3.05) is 0 Å². The summed E-state index contributed by atoms with van der Waals surface area (Å²) in [6, 6.07) is 10.9. The molecule has 0 radical (unpaired) electrons. The molecule has 2 aliphatic rings. The molecule has 150 valence electrons. The van der Waals surface area contributed by atoms with Crippen LogP contribution in [0.15, 0.2) is 36.4 Å². The van der Waals surface area contributed by atoms with E-state index in [1.165, 1.54) is 31.7 Å². The Morgan fingerprint density at radius 3 is 2.55 bits per heavy atom. The van der Waals surface area contributed by atoms with Gasteiger partial charge in [0, 0.05) is 5.56 Å². The van der Waals surface area contributed by atoms with Gasteiger partial charge in [-0.05, 0) is 84.8 Å². The average molecular weight is 392 g/mol. The van der Waals surface area contributed by atoms with Crippen LogP contribution in [-0.2, 0) is 12.8 Å². The number of halogens is 2. The number of benzene rings is 2. The number of nitrogens with zero attached hydrogens (tertiary/aromatic N) is 1. The normalized spacial score (nSPS) is 21.2. The van der Waals surface area contributed by atoms with Gasteiger partial charge in [-0.1, -0.05) is 44.0 Å². The lowest BCUT2D eigenvalue weighted by Gasteiger charge is -2.29. The predicted octanol–water partition coefficient (Wildman–Crippen LogP) is 7.09. The number of nitriles is 1. The number of allylic oxidation sites excluding steroid dienone is 2. The first kappa shape index (κ1) is 19.8. The van der Waals surface area contributed by atoms with Gasteiger partial charge in [-0.2, -0.15) is 5.26 Å². The van der Waals surface area contributed by atoms with E-state index in [0.717, 1.165) is 35.5 Å². The molecule has 0 bridgehead atoms. The molecule has 1 nitrogen and oxygen atoms in total. The van der Waals surface area contributed by atoms with Gasteiger partial charge in [0.2, 0.25) is 0 Å². The van der Waals surface area contributed by atoms with Crippen LogP contribution in [0, 0.1) is 28.9 Å². The third-order valence-electron chi connectivity index (χ3n) is 6.75. The zero-order valence-electron chi connectivity index (χ0n) is 17.0. The van der Waals surface area contributed by atoms with E-state index in [0.29, 0.717) is 29.9 Å². The fraction of sp³-hybridized carbons (Fsp3) is 0.423. The zero-order chi connectivity index (χ0) is 20.4. The Morgan fingerprint density at radius 1 is 1.07 bits per heavy atom. The summed E-state index contributed by atoms with van der Waals surface area (Å²) >= 11 is 0.